The van der Waals surface area contributed by atoms with Crippen molar-refractivity contribution in [2.45, 2.75) is 40.0 Å². The van der Waals surface area contributed by atoms with Crippen LogP contribution in [0, 0.1) is 17.8 Å². The molecule has 1 N–H and O–H groups in total. The summed E-state index contributed by atoms with van der Waals surface area (Å²) in [6, 6.07) is 0. The Morgan fingerprint density at radius 1 is 1.25 bits per heavy atom. The van der Waals surface area contributed by atoms with E-state index in [1.807, 2.05) is 0 Å². The molecule has 0 radical (unpaired) electrons. The largest absolute Gasteiger partial charge is 0.317 e. The Balaban J connectivity index is 2.28. The number of nitrogens with one attached hydrogen (secondary N) is 1. The fourth-order valence-electron chi connectivity index (χ4n) is 2.26. The van der Waals surface area contributed by atoms with Gasteiger partial charge in [0.2, 0.25) is 0 Å². The highest BCUT2D eigenvalue weighted by atomic mass is 14.8. The second-order valence-electron chi connectivity index (χ2n) is 4.46. The van der Waals surface area contributed by atoms with E-state index >= 15 is 0 Å². The van der Waals surface area contributed by atoms with E-state index in [0.29, 0.717) is 0 Å². The lowest BCUT2D eigenvalue weighted by molar-refractivity contribution is 0.200. The Morgan fingerprint density at radius 2 is 2.00 bits per heavy atom. The normalized spacial score (nSPS) is 36.8. The number of rotatable bonds is 3. The second kappa shape index (κ2) is 4.86. The van der Waals surface area contributed by atoms with Gasteiger partial charge in [-0.05, 0) is 37.3 Å². The molecule has 1 aliphatic carbocycles. The van der Waals surface area contributed by atoms with Crippen molar-refractivity contribution in [1.82, 2.24) is 5.32 Å². The average molecular weight is 169 g/mol. The summed E-state index contributed by atoms with van der Waals surface area (Å²) in [4.78, 5) is 0. The average Bonchev–Trinajstić information content (AvgIpc) is 2.07. The number of hydrogen-bond donors (Lipinski definition) is 1. The van der Waals surface area contributed by atoms with Gasteiger partial charge in [0.05, 0.1) is 0 Å². The standard InChI is InChI=1S/C11H23N/c1-4-12-8-11-7-9(2)5-6-10(11)3/h9-12H,4-8H2,1-3H3. The van der Waals surface area contributed by atoms with Gasteiger partial charge in [-0.25, -0.2) is 0 Å². The third kappa shape index (κ3) is 2.78. The van der Waals surface area contributed by atoms with E-state index in [-0.39, 0.29) is 0 Å². The molecule has 1 nitrogen and oxygen atoms in total. The van der Waals surface area contributed by atoms with Gasteiger partial charge in [-0.1, -0.05) is 33.6 Å². The fourth-order valence-corrected chi connectivity index (χ4v) is 2.26. The van der Waals surface area contributed by atoms with Crippen LogP contribution < -0.4 is 5.32 Å². The van der Waals surface area contributed by atoms with Crippen LogP contribution in [0.3, 0.4) is 0 Å². The van der Waals surface area contributed by atoms with Gasteiger partial charge in [0, 0.05) is 0 Å². The predicted molar refractivity (Wildman–Crippen MR) is 54.2 cm³/mol. The van der Waals surface area contributed by atoms with Gasteiger partial charge in [-0.15, -0.1) is 0 Å². The molecule has 0 amide bonds. The van der Waals surface area contributed by atoms with Crippen LogP contribution in [0.4, 0.5) is 0 Å². The van der Waals surface area contributed by atoms with Crippen LogP contribution in [0.2, 0.25) is 0 Å². The van der Waals surface area contributed by atoms with E-state index in [1.165, 1.54) is 25.8 Å². The molecule has 72 valence electrons. The molecule has 0 saturated heterocycles. The summed E-state index contributed by atoms with van der Waals surface area (Å²) < 4.78 is 0. The minimum atomic E-state index is 0.939. The fraction of sp³-hybridized carbons (Fsp3) is 1.00. The topological polar surface area (TPSA) is 12.0 Å². The van der Waals surface area contributed by atoms with Gasteiger partial charge in [0.25, 0.3) is 0 Å². The first kappa shape index (κ1) is 10.0. The van der Waals surface area contributed by atoms with Crippen LogP contribution in [-0.2, 0) is 0 Å². The van der Waals surface area contributed by atoms with Gasteiger partial charge in [-0.3, -0.25) is 0 Å². The Morgan fingerprint density at radius 3 is 2.67 bits per heavy atom. The lowest BCUT2D eigenvalue weighted by Gasteiger charge is -2.32. The Kier molecular flexibility index (Phi) is 4.07. The van der Waals surface area contributed by atoms with Crippen LogP contribution in [-0.4, -0.2) is 13.1 Å². The number of hydrogen-bond acceptors (Lipinski definition) is 1. The van der Waals surface area contributed by atoms with E-state index in [9.17, 15) is 0 Å². The van der Waals surface area contributed by atoms with Gasteiger partial charge >= 0.3 is 0 Å². The molecule has 1 saturated carbocycles. The van der Waals surface area contributed by atoms with E-state index < -0.39 is 0 Å². The first-order chi connectivity index (χ1) is 5.74. The molecule has 1 fully saturated rings. The van der Waals surface area contributed by atoms with Crippen molar-refractivity contribution in [3.05, 3.63) is 0 Å². The van der Waals surface area contributed by atoms with Gasteiger partial charge < -0.3 is 5.32 Å². The molecule has 0 aromatic rings. The molecule has 3 atom stereocenters. The van der Waals surface area contributed by atoms with E-state index in [1.54, 1.807) is 0 Å². The van der Waals surface area contributed by atoms with Crippen molar-refractivity contribution in [3.8, 4) is 0 Å². The predicted octanol–water partition coefficient (Wildman–Crippen LogP) is 2.67. The highest BCUT2D eigenvalue weighted by molar-refractivity contribution is 4.77. The zero-order valence-electron chi connectivity index (χ0n) is 8.77. The van der Waals surface area contributed by atoms with Crippen molar-refractivity contribution in [1.29, 1.82) is 0 Å². The lowest BCUT2D eigenvalue weighted by atomic mass is 9.75. The smallest absolute Gasteiger partial charge is 0.00180 e. The summed E-state index contributed by atoms with van der Waals surface area (Å²) in [5, 5.41) is 3.47. The Bertz CT molecular complexity index is 122. The summed E-state index contributed by atoms with van der Waals surface area (Å²) in [6.45, 7) is 9.36. The molecule has 0 aromatic carbocycles. The van der Waals surface area contributed by atoms with Crippen LogP contribution in [0.5, 0.6) is 0 Å². The SMILES string of the molecule is CCNCC1CC(C)CCC1C. The Labute approximate surface area is 76.9 Å². The minimum absolute atomic E-state index is 0.939. The molecule has 0 heterocycles. The van der Waals surface area contributed by atoms with Crippen molar-refractivity contribution < 1.29 is 0 Å². The first-order valence-electron chi connectivity index (χ1n) is 5.44. The third-order valence-electron chi connectivity index (χ3n) is 3.28. The minimum Gasteiger partial charge on any atom is -0.317 e. The van der Waals surface area contributed by atoms with Crippen molar-refractivity contribution in [3.63, 3.8) is 0 Å². The highest BCUT2D eigenvalue weighted by Crippen LogP contribution is 2.32. The molecule has 0 spiro atoms. The van der Waals surface area contributed by atoms with Crippen LogP contribution >= 0.6 is 0 Å². The van der Waals surface area contributed by atoms with Crippen molar-refractivity contribution in [2.24, 2.45) is 17.8 Å². The summed E-state index contributed by atoms with van der Waals surface area (Å²) in [7, 11) is 0. The van der Waals surface area contributed by atoms with Crippen molar-refractivity contribution >= 4 is 0 Å². The molecular weight excluding hydrogens is 146 g/mol. The quantitative estimate of drug-likeness (QED) is 0.685. The molecule has 3 unspecified atom stereocenters. The molecule has 0 aromatic heterocycles. The van der Waals surface area contributed by atoms with Crippen LogP contribution in [0.25, 0.3) is 0 Å². The summed E-state index contributed by atoms with van der Waals surface area (Å²) >= 11 is 0. The molecule has 1 rings (SSSR count). The molecule has 0 aliphatic heterocycles. The maximum Gasteiger partial charge on any atom is -0.00180 e. The zero-order chi connectivity index (χ0) is 8.97. The van der Waals surface area contributed by atoms with Gasteiger partial charge in [-0.2, -0.15) is 0 Å². The Hall–Kier alpha value is -0.0400. The van der Waals surface area contributed by atoms with E-state index in [2.05, 4.69) is 26.1 Å². The summed E-state index contributed by atoms with van der Waals surface area (Å²) in [6.07, 6.45) is 4.33. The van der Waals surface area contributed by atoms with E-state index in [0.717, 1.165) is 24.3 Å². The maximum atomic E-state index is 3.47. The van der Waals surface area contributed by atoms with Gasteiger partial charge in [0.1, 0.15) is 0 Å². The molecule has 0 bridgehead atoms. The monoisotopic (exact) mass is 169 g/mol. The van der Waals surface area contributed by atoms with Crippen LogP contribution in [0.15, 0.2) is 0 Å². The molecular formula is C11H23N. The van der Waals surface area contributed by atoms with E-state index in [4.69, 9.17) is 0 Å². The highest BCUT2D eigenvalue weighted by Gasteiger charge is 2.24. The first-order valence-corrected chi connectivity index (χ1v) is 5.44. The molecule has 1 aliphatic rings. The molecule has 1 heteroatoms. The zero-order valence-corrected chi connectivity index (χ0v) is 8.77. The summed E-state index contributed by atoms with van der Waals surface area (Å²) in [5.41, 5.74) is 0. The molecule has 12 heavy (non-hydrogen) atoms. The van der Waals surface area contributed by atoms with Crippen molar-refractivity contribution in [2.75, 3.05) is 13.1 Å². The summed E-state index contributed by atoms with van der Waals surface area (Å²) in [5.74, 6) is 2.85. The van der Waals surface area contributed by atoms with Gasteiger partial charge in [0.15, 0.2) is 0 Å². The van der Waals surface area contributed by atoms with Crippen LogP contribution in [0.1, 0.15) is 40.0 Å². The maximum absolute atomic E-state index is 3.47. The lowest BCUT2D eigenvalue weighted by Crippen LogP contribution is -2.31. The third-order valence-corrected chi connectivity index (χ3v) is 3.28. The second-order valence-corrected chi connectivity index (χ2v) is 4.46.